The lowest BCUT2D eigenvalue weighted by atomic mass is 10.1. The zero-order valence-electron chi connectivity index (χ0n) is 22.1. The van der Waals surface area contributed by atoms with Gasteiger partial charge < -0.3 is 9.47 Å². The first-order valence-electron chi connectivity index (χ1n) is 12.3. The summed E-state index contributed by atoms with van der Waals surface area (Å²) in [5.41, 5.74) is 2.38. The molecule has 1 amide bonds. The minimum absolute atomic E-state index is 0.0828. The van der Waals surface area contributed by atoms with E-state index >= 15 is 0 Å². The first kappa shape index (κ1) is 27.2. The Balaban J connectivity index is 1.52. The molecule has 0 bridgehead atoms. The Hall–Kier alpha value is -4.41. The van der Waals surface area contributed by atoms with Crippen LogP contribution in [0.5, 0.6) is 11.5 Å². The normalized spacial score (nSPS) is 11.3. The van der Waals surface area contributed by atoms with Gasteiger partial charge in [0.2, 0.25) is 0 Å². The van der Waals surface area contributed by atoms with Gasteiger partial charge in [-0.1, -0.05) is 59.9 Å². The number of hydrogen-bond donors (Lipinski definition) is 0. The van der Waals surface area contributed by atoms with Crippen LogP contribution in [0.15, 0.2) is 102 Å². The summed E-state index contributed by atoms with van der Waals surface area (Å²) in [6, 6.07) is 28.0. The second-order valence-corrected chi connectivity index (χ2v) is 11.8. The highest BCUT2D eigenvalue weighted by Gasteiger charge is 2.26. The van der Waals surface area contributed by atoms with Crippen molar-refractivity contribution in [1.29, 1.82) is 0 Å². The molecule has 1 heterocycles. The summed E-state index contributed by atoms with van der Waals surface area (Å²) in [6.45, 7) is 0.265. The van der Waals surface area contributed by atoms with E-state index in [2.05, 4.69) is 0 Å². The first-order valence-corrected chi connectivity index (χ1v) is 14.6. The lowest BCUT2D eigenvalue weighted by Crippen LogP contribution is -2.30. The van der Waals surface area contributed by atoms with E-state index in [0.717, 1.165) is 10.3 Å². The number of benzene rings is 4. The van der Waals surface area contributed by atoms with Gasteiger partial charge in [-0.05, 0) is 54.1 Å². The van der Waals surface area contributed by atoms with Crippen LogP contribution in [0.4, 0.5) is 10.8 Å². The molecule has 0 saturated heterocycles. The largest absolute Gasteiger partial charge is 0.495 e. The van der Waals surface area contributed by atoms with Crippen LogP contribution in [0, 0.1) is 0 Å². The highest BCUT2D eigenvalue weighted by Crippen LogP contribution is 2.40. The molecular weight excluding hydrogens is 546 g/mol. The van der Waals surface area contributed by atoms with Crippen LogP contribution in [-0.4, -0.2) is 40.6 Å². The molecule has 0 aliphatic carbocycles. The molecule has 4 aromatic carbocycles. The summed E-state index contributed by atoms with van der Waals surface area (Å²) in [4.78, 5) is 20.4. The van der Waals surface area contributed by atoms with E-state index in [0.29, 0.717) is 33.4 Å². The van der Waals surface area contributed by atoms with Gasteiger partial charge >= 0.3 is 0 Å². The maximum Gasteiger partial charge on any atom is 0.264 e. The summed E-state index contributed by atoms with van der Waals surface area (Å²) in [5, 5.41) is 0.465. The zero-order chi connectivity index (χ0) is 28.3. The number of ether oxygens (including phenoxy) is 2. The Morgan fingerprint density at radius 2 is 1.43 bits per heavy atom. The third-order valence-electron chi connectivity index (χ3n) is 6.44. The van der Waals surface area contributed by atoms with Crippen molar-refractivity contribution in [2.75, 3.05) is 30.5 Å². The van der Waals surface area contributed by atoms with E-state index < -0.39 is 10.0 Å². The summed E-state index contributed by atoms with van der Waals surface area (Å²) in [7, 11) is 0.832. The zero-order valence-corrected chi connectivity index (χ0v) is 23.8. The molecule has 0 unspecified atom stereocenters. The predicted octanol–water partition coefficient (Wildman–Crippen LogP) is 5.99. The van der Waals surface area contributed by atoms with E-state index in [9.17, 15) is 13.2 Å². The van der Waals surface area contributed by atoms with Gasteiger partial charge in [0, 0.05) is 12.6 Å². The molecule has 0 aliphatic rings. The number of fused-ring (bicyclic) bond motifs is 1. The SMILES string of the molecule is COc1ccc(OC)c2sc(N(Cc3ccccc3)C(=O)c3ccc(S(=O)(=O)N(C)c4ccccc4)cc3)nc12. The number of nitrogens with zero attached hydrogens (tertiary/aromatic N) is 3. The number of para-hydroxylation sites is 1. The fraction of sp³-hybridized carbons (Fsp3) is 0.133. The summed E-state index contributed by atoms with van der Waals surface area (Å²) >= 11 is 1.32. The molecule has 10 heteroatoms. The van der Waals surface area contributed by atoms with Crippen molar-refractivity contribution in [3.05, 3.63) is 108 Å². The van der Waals surface area contributed by atoms with Crippen LogP contribution in [0.3, 0.4) is 0 Å². The van der Waals surface area contributed by atoms with Crippen molar-refractivity contribution in [2.24, 2.45) is 0 Å². The highest BCUT2D eigenvalue weighted by atomic mass is 32.2. The molecule has 204 valence electrons. The number of carbonyl (C=O) groups is 1. The van der Waals surface area contributed by atoms with Gasteiger partial charge in [-0.15, -0.1) is 0 Å². The molecule has 0 atom stereocenters. The average molecular weight is 574 g/mol. The van der Waals surface area contributed by atoms with Crippen LogP contribution in [0.1, 0.15) is 15.9 Å². The molecule has 0 N–H and O–H groups in total. The fourth-order valence-electron chi connectivity index (χ4n) is 4.24. The topological polar surface area (TPSA) is 89.0 Å². The third kappa shape index (κ3) is 5.23. The lowest BCUT2D eigenvalue weighted by Gasteiger charge is -2.21. The second-order valence-electron chi connectivity index (χ2n) is 8.85. The van der Waals surface area contributed by atoms with Crippen LogP contribution >= 0.6 is 11.3 Å². The van der Waals surface area contributed by atoms with Crippen LogP contribution in [0.25, 0.3) is 10.2 Å². The highest BCUT2D eigenvalue weighted by molar-refractivity contribution is 7.92. The van der Waals surface area contributed by atoms with Crippen molar-refractivity contribution in [3.63, 3.8) is 0 Å². The van der Waals surface area contributed by atoms with Gasteiger partial charge in [0.15, 0.2) is 5.13 Å². The number of methoxy groups -OCH3 is 2. The molecular formula is C30H27N3O5S2. The molecule has 0 aliphatic heterocycles. The maximum absolute atomic E-state index is 13.9. The molecule has 0 spiro atoms. The molecule has 0 saturated carbocycles. The molecule has 5 rings (SSSR count). The Morgan fingerprint density at radius 3 is 2.05 bits per heavy atom. The lowest BCUT2D eigenvalue weighted by molar-refractivity contribution is 0.0985. The Morgan fingerprint density at radius 1 is 0.825 bits per heavy atom. The van der Waals surface area contributed by atoms with Gasteiger partial charge in [-0.25, -0.2) is 13.4 Å². The Labute approximate surface area is 237 Å². The van der Waals surface area contributed by atoms with Gasteiger partial charge in [0.1, 0.15) is 21.7 Å². The van der Waals surface area contributed by atoms with Gasteiger partial charge in [0.05, 0.1) is 31.3 Å². The van der Waals surface area contributed by atoms with E-state index in [4.69, 9.17) is 14.5 Å². The predicted molar refractivity (Wildman–Crippen MR) is 158 cm³/mol. The monoisotopic (exact) mass is 573 g/mol. The number of sulfonamides is 1. The minimum atomic E-state index is -3.82. The molecule has 0 radical (unpaired) electrons. The number of carbonyl (C=O) groups excluding carboxylic acids is 1. The third-order valence-corrected chi connectivity index (χ3v) is 9.33. The Kier molecular flexibility index (Phi) is 7.72. The van der Waals surface area contributed by atoms with Crippen LogP contribution < -0.4 is 18.7 Å². The van der Waals surface area contributed by atoms with Gasteiger partial charge in [-0.3, -0.25) is 14.0 Å². The summed E-state index contributed by atoms with van der Waals surface area (Å²) in [5.74, 6) is 0.882. The van der Waals surface area contributed by atoms with Gasteiger partial charge in [0.25, 0.3) is 15.9 Å². The molecule has 40 heavy (non-hydrogen) atoms. The van der Waals surface area contributed by atoms with E-state index in [-0.39, 0.29) is 17.3 Å². The molecule has 0 fully saturated rings. The molecule has 8 nitrogen and oxygen atoms in total. The van der Waals surface area contributed by atoms with Gasteiger partial charge in [-0.2, -0.15) is 0 Å². The number of aromatic nitrogens is 1. The number of hydrogen-bond acceptors (Lipinski definition) is 7. The number of amides is 1. The average Bonchev–Trinajstić information content (AvgIpc) is 3.45. The fourth-order valence-corrected chi connectivity index (χ4v) is 6.51. The van der Waals surface area contributed by atoms with E-state index in [1.54, 1.807) is 55.5 Å². The van der Waals surface area contributed by atoms with Crippen molar-refractivity contribution in [2.45, 2.75) is 11.4 Å². The van der Waals surface area contributed by atoms with Crippen molar-refractivity contribution in [3.8, 4) is 11.5 Å². The van der Waals surface area contributed by atoms with E-state index in [1.165, 1.54) is 47.0 Å². The van der Waals surface area contributed by atoms with Crippen LogP contribution in [0.2, 0.25) is 0 Å². The van der Waals surface area contributed by atoms with E-state index in [1.807, 2.05) is 36.4 Å². The Bertz CT molecular complexity index is 1700. The van der Waals surface area contributed by atoms with Crippen molar-refractivity contribution in [1.82, 2.24) is 4.98 Å². The minimum Gasteiger partial charge on any atom is -0.495 e. The number of anilines is 2. The maximum atomic E-state index is 13.9. The number of rotatable bonds is 9. The summed E-state index contributed by atoms with van der Waals surface area (Å²) in [6.07, 6.45) is 0. The summed E-state index contributed by atoms with van der Waals surface area (Å²) < 4.78 is 39.5. The smallest absolute Gasteiger partial charge is 0.264 e. The van der Waals surface area contributed by atoms with Crippen LogP contribution in [-0.2, 0) is 16.6 Å². The standard InChI is InChI=1S/C30H27N3O5S2/c1-32(23-12-8-5-9-13-23)40(35,36)24-16-14-22(15-17-24)29(34)33(20-21-10-6-4-7-11-21)30-31-27-25(37-2)18-19-26(38-3)28(27)39-30/h4-19H,20H2,1-3H3. The second kappa shape index (κ2) is 11.4. The number of thiazole rings is 1. The quantitative estimate of drug-likeness (QED) is 0.215. The van der Waals surface area contributed by atoms with Crippen molar-refractivity contribution < 1.29 is 22.7 Å². The van der Waals surface area contributed by atoms with Crippen molar-refractivity contribution >= 4 is 48.3 Å². The first-order chi connectivity index (χ1) is 19.3. The molecule has 1 aromatic heterocycles. The molecule has 5 aromatic rings.